The molecule has 0 radical (unpaired) electrons. The first-order valence-electron chi connectivity index (χ1n) is 7.74. The van der Waals surface area contributed by atoms with Gasteiger partial charge >= 0.3 is 0 Å². The number of carbonyl (C=O) groups is 1. The van der Waals surface area contributed by atoms with Gasteiger partial charge in [0.1, 0.15) is 0 Å². The summed E-state index contributed by atoms with van der Waals surface area (Å²) in [5.74, 6) is -0.0705. The van der Waals surface area contributed by atoms with Crippen LogP contribution in [0.25, 0.3) is 5.65 Å². The minimum Gasteiger partial charge on any atom is -0.330 e. The Morgan fingerprint density at radius 3 is 2.76 bits per heavy atom. The highest BCUT2D eigenvalue weighted by molar-refractivity contribution is 9.13. The fourth-order valence-electron chi connectivity index (χ4n) is 3.19. The Morgan fingerprint density at radius 1 is 1.20 bits per heavy atom. The highest BCUT2D eigenvalue weighted by Gasteiger charge is 2.30. The quantitative estimate of drug-likeness (QED) is 0.457. The largest absolute Gasteiger partial charge is 0.330 e. The Morgan fingerprint density at radius 2 is 1.96 bits per heavy atom. The lowest BCUT2D eigenvalue weighted by atomic mass is 9.93. The zero-order valence-corrected chi connectivity index (χ0v) is 18.0. The third-order valence-electron chi connectivity index (χ3n) is 4.48. The summed E-state index contributed by atoms with van der Waals surface area (Å²) in [4.78, 5) is 19.2. The monoisotopic (exact) mass is 526 g/mol. The minimum absolute atomic E-state index is 0.00911. The summed E-state index contributed by atoms with van der Waals surface area (Å²) in [5.41, 5.74) is 3.51. The van der Waals surface area contributed by atoms with Gasteiger partial charge in [-0.05, 0) is 84.4 Å². The maximum atomic E-state index is 13.0. The molecule has 1 unspecified atom stereocenters. The van der Waals surface area contributed by atoms with Gasteiger partial charge in [-0.2, -0.15) is 5.10 Å². The van der Waals surface area contributed by atoms with Crippen LogP contribution in [0.4, 0.5) is 0 Å². The molecular formula is C17H13Br3N4O. The number of rotatable bonds is 1. The summed E-state index contributed by atoms with van der Waals surface area (Å²) in [7, 11) is 0. The number of carbonyl (C=O) groups excluding carboxylic acids is 1. The molecule has 0 saturated heterocycles. The normalized spacial score (nSPS) is 17.0. The fourth-order valence-corrected chi connectivity index (χ4v) is 4.24. The van der Waals surface area contributed by atoms with Crippen LogP contribution in [0.3, 0.4) is 0 Å². The van der Waals surface area contributed by atoms with E-state index in [9.17, 15) is 4.79 Å². The van der Waals surface area contributed by atoms with Gasteiger partial charge in [-0.15, -0.1) is 0 Å². The molecule has 1 aliphatic rings. The summed E-state index contributed by atoms with van der Waals surface area (Å²) < 4.78 is 4.47. The van der Waals surface area contributed by atoms with Gasteiger partial charge in [-0.1, -0.05) is 0 Å². The Balaban J connectivity index is 1.68. The predicted octanol–water partition coefficient (Wildman–Crippen LogP) is 4.78. The first-order valence-corrected chi connectivity index (χ1v) is 10.1. The first kappa shape index (κ1) is 17.2. The van der Waals surface area contributed by atoms with E-state index in [4.69, 9.17) is 0 Å². The van der Waals surface area contributed by atoms with Crippen LogP contribution >= 0.6 is 47.8 Å². The number of nitrogens with zero attached hydrogens (tertiary/aromatic N) is 4. The summed E-state index contributed by atoms with van der Waals surface area (Å²) in [5, 5.41) is 4.39. The van der Waals surface area contributed by atoms with E-state index in [1.807, 2.05) is 4.90 Å². The van der Waals surface area contributed by atoms with Gasteiger partial charge in [-0.25, -0.2) is 9.50 Å². The molecule has 1 atom stereocenters. The first-order chi connectivity index (χ1) is 11.9. The van der Waals surface area contributed by atoms with Crippen molar-refractivity contribution in [3.05, 3.63) is 60.8 Å². The van der Waals surface area contributed by atoms with Crippen molar-refractivity contribution in [1.82, 2.24) is 19.5 Å². The van der Waals surface area contributed by atoms with Gasteiger partial charge in [0, 0.05) is 34.0 Å². The van der Waals surface area contributed by atoms with Gasteiger partial charge in [0.25, 0.3) is 5.91 Å². The summed E-state index contributed by atoms with van der Waals surface area (Å²) in [6.45, 7) is 2.73. The van der Waals surface area contributed by atoms with Crippen molar-refractivity contribution in [2.45, 2.75) is 19.4 Å². The van der Waals surface area contributed by atoms with Crippen LogP contribution in [0.15, 0.2) is 44.0 Å². The van der Waals surface area contributed by atoms with Crippen LogP contribution in [0.1, 0.15) is 34.6 Å². The Bertz CT molecular complexity index is 1000. The number of hydrogen-bond donors (Lipinski definition) is 0. The molecule has 3 heterocycles. The van der Waals surface area contributed by atoms with E-state index in [1.54, 1.807) is 23.0 Å². The molecule has 0 bridgehead atoms. The molecule has 5 nitrogen and oxygen atoms in total. The van der Waals surface area contributed by atoms with E-state index in [2.05, 4.69) is 76.9 Å². The molecule has 0 fully saturated rings. The molecule has 25 heavy (non-hydrogen) atoms. The molecule has 0 N–H and O–H groups in total. The lowest BCUT2D eigenvalue weighted by molar-refractivity contribution is 0.0671. The van der Waals surface area contributed by atoms with E-state index in [0.717, 1.165) is 19.8 Å². The van der Waals surface area contributed by atoms with Crippen LogP contribution in [0, 0.1) is 0 Å². The lowest BCUT2D eigenvalue weighted by Crippen LogP contribution is -2.39. The molecule has 0 saturated carbocycles. The molecule has 128 valence electrons. The Labute approximate surface area is 169 Å². The van der Waals surface area contributed by atoms with Crippen LogP contribution in [0.5, 0.6) is 0 Å². The highest BCUT2D eigenvalue weighted by atomic mass is 79.9. The van der Waals surface area contributed by atoms with Crippen LogP contribution in [-0.2, 0) is 6.42 Å². The second-order valence-corrected chi connectivity index (χ2v) is 8.62. The predicted molar refractivity (Wildman–Crippen MR) is 106 cm³/mol. The van der Waals surface area contributed by atoms with Crippen molar-refractivity contribution in [1.29, 1.82) is 0 Å². The zero-order chi connectivity index (χ0) is 17.7. The molecule has 0 spiro atoms. The summed E-state index contributed by atoms with van der Waals surface area (Å²) >= 11 is 10.5. The third-order valence-corrected chi connectivity index (χ3v) is 6.74. The van der Waals surface area contributed by atoms with Crippen molar-refractivity contribution in [2.75, 3.05) is 6.54 Å². The molecule has 3 aromatic rings. The van der Waals surface area contributed by atoms with Gasteiger partial charge in [-0.3, -0.25) is 4.79 Å². The van der Waals surface area contributed by atoms with Crippen molar-refractivity contribution in [2.24, 2.45) is 0 Å². The van der Waals surface area contributed by atoms with Gasteiger partial charge in [0.15, 0.2) is 11.3 Å². The molecular weight excluding hydrogens is 516 g/mol. The molecule has 2 aromatic heterocycles. The number of halogens is 3. The van der Waals surface area contributed by atoms with Crippen molar-refractivity contribution < 1.29 is 4.79 Å². The smallest absolute Gasteiger partial charge is 0.274 e. The average molecular weight is 529 g/mol. The number of amides is 1. The molecule has 1 aromatic carbocycles. The molecule has 1 amide bonds. The van der Waals surface area contributed by atoms with Gasteiger partial charge in [0.2, 0.25) is 0 Å². The average Bonchev–Trinajstić information content (AvgIpc) is 2.99. The number of hydrogen-bond acceptors (Lipinski definition) is 3. The Hall–Kier alpha value is -1.25. The van der Waals surface area contributed by atoms with Crippen LogP contribution in [0.2, 0.25) is 0 Å². The lowest BCUT2D eigenvalue weighted by Gasteiger charge is -2.35. The maximum Gasteiger partial charge on any atom is 0.274 e. The van der Waals surface area contributed by atoms with E-state index in [0.29, 0.717) is 17.9 Å². The summed E-state index contributed by atoms with van der Waals surface area (Å²) in [6, 6.07) is 5.94. The number of fused-ring (bicyclic) bond motifs is 2. The maximum absolute atomic E-state index is 13.0. The second-order valence-electron chi connectivity index (χ2n) is 5.99. The third kappa shape index (κ3) is 3.04. The molecule has 1 aliphatic heterocycles. The highest BCUT2D eigenvalue weighted by Crippen LogP contribution is 2.36. The zero-order valence-electron chi connectivity index (χ0n) is 13.2. The second kappa shape index (κ2) is 6.48. The van der Waals surface area contributed by atoms with Crippen LogP contribution in [-0.4, -0.2) is 31.9 Å². The Kier molecular flexibility index (Phi) is 4.45. The topological polar surface area (TPSA) is 50.5 Å². The standard InChI is InChI=1S/C17H13Br3N4O/c1-9-12-5-14(20)13(19)4-10(12)2-3-23(9)17(25)15-6-16-21-7-11(18)8-24(16)22-15/h4-9H,2-3H2,1H3. The van der Waals surface area contributed by atoms with Crippen molar-refractivity contribution >= 4 is 59.3 Å². The van der Waals surface area contributed by atoms with Gasteiger partial charge in [0.05, 0.1) is 10.5 Å². The fraction of sp³-hybridized carbons (Fsp3) is 0.235. The van der Waals surface area contributed by atoms with E-state index >= 15 is 0 Å². The van der Waals surface area contributed by atoms with Crippen molar-refractivity contribution in [3.63, 3.8) is 0 Å². The van der Waals surface area contributed by atoms with E-state index in [-0.39, 0.29) is 11.9 Å². The van der Waals surface area contributed by atoms with E-state index < -0.39 is 0 Å². The number of benzene rings is 1. The van der Waals surface area contributed by atoms with Gasteiger partial charge < -0.3 is 4.90 Å². The minimum atomic E-state index is -0.0705. The SMILES string of the molecule is CC1c2cc(Br)c(Br)cc2CCN1C(=O)c1cc2ncc(Br)cn2n1. The summed E-state index contributed by atoms with van der Waals surface area (Å²) in [6.07, 6.45) is 4.32. The molecule has 8 heteroatoms. The molecule has 4 rings (SSSR count). The molecule has 0 aliphatic carbocycles. The van der Waals surface area contributed by atoms with E-state index in [1.165, 1.54) is 11.1 Å². The number of aromatic nitrogens is 3. The van der Waals surface area contributed by atoms with Crippen molar-refractivity contribution in [3.8, 4) is 0 Å². The van der Waals surface area contributed by atoms with Crippen LogP contribution < -0.4 is 0 Å².